The van der Waals surface area contributed by atoms with Crippen LogP contribution in [0.3, 0.4) is 0 Å². The van der Waals surface area contributed by atoms with E-state index in [0.29, 0.717) is 0 Å². The van der Waals surface area contributed by atoms with Crippen LogP contribution < -0.4 is 0 Å². The fourth-order valence-corrected chi connectivity index (χ4v) is 57.3. The van der Waals surface area contributed by atoms with Gasteiger partial charge in [0.05, 0.1) is 0 Å². The van der Waals surface area contributed by atoms with Crippen molar-refractivity contribution >= 4 is 46.6 Å². The van der Waals surface area contributed by atoms with Crippen molar-refractivity contribution in [3.63, 3.8) is 0 Å². The first-order valence-electron chi connectivity index (χ1n) is 6.40. The summed E-state index contributed by atoms with van der Waals surface area (Å²) in [5.41, 5.74) is 0. The van der Waals surface area contributed by atoms with Crippen molar-refractivity contribution in [1.82, 2.24) is 0 Å². The second-order valence-electron chi connectivity index (χ2n) is 5.44. The van der Waals surface area contributed by atoms with Crippen molar-refractivity contribution in [2.75, 3.05) is 0 Å². The molecule has 0 aromatic rings. The van der Waals surface area contributed by atoms with Gasteiger partial charge >= 0.3 is 112 Å². The van der Waals surface area contributed by atoms with E-state index < -0.39 is 15.2 Å². The molecule has 0 aromatic heterocycles. The SMILES string of the molecule is CC[Si](C)(CC)[SiH]([Na])[Si](C)(CC)CC. The molecule has 0 spiro atoms. The molecule has 0 radical (unpaired) electrons. The summed E-state index contributed by atoms with van der Waals surface area (Å²) < 4.78 is -0.245. The van der Waals surface area contributed by atoms with Gasteiger partial charge in [0, 0.05) is 0 Å². The molecule has 0 saturated heterocycles. The van der Waals surface area contributed by atoms with Crippen molar-refractivity contribution in [3.8, 4) is 0 Å². The van der Waals surface area contributed by atoms with E-state index in [1.807, 2.05) is 0 Å². The van der Waals surface area contributed by atoms with Crippen LogP contribution in [0, 0.1) is 0 Å². The fraction of sp³-hybridized carbons (Fsp3) is 1.00. The molecule has 0 nitrogen and oxygen atoms in total. The summed E-state index contributed by atoms with van der Waals surface area (Å²) >= 11 is 1.61. The third-order valence-electron chi connectivity index (χ3n) is 5.32. The molecular weight excluding hydrogens is 227 g/mol. The van der Waals surface area contributed by atoms with Gasteiger partial charge in [-0.1, -0.05) is 0 Å². The van der Waals surface area contributed by atoms with Gasteiger partial charge < -0.3 is 0 Å². The first-order chi connectivity index (χ1) is 6.40. The van der Waals surface area contributed by atoms with Gasteiger partial charge in [0.15, 0.2) is 0 Å². The zero-order valence-corrected chi connectivity index (χ0v) is 16.6. The standard InChI is InChI=1S/C10H27Si3.Na/c1-7-12(5,8-2)11-13(6,9-3)10-4;/h11H,7-10H2,1-6H3;. The molecule has 0 N–H and O–H groups in total. The summed E-state index contributed by atoms with van der Waals surface area (Å²) in [7, 11) is -1.43. The molecular formula is C10H27NaSi3. The molecule has 0 saturated carbocycles. The molecule has 0 heterocycles. The van der Waals surface area contributed by atoms with Crippen molar-refractivity contribution in [2.24, 2.45) is 0 Å². The van der Waals surface area contributed by atoms with Gasteiger partial charge in [-0.3, -0.25) is 0 Å². The van der Waals surface area contributed by atoms with E-state index in [9.17, 15) is 0 Å². The molecule has 0 atom stereocenters. The number of rotatable bonds is 6. The van der Waals surface area contributed by atoms with Gasteiger partial charge in [-0.2, -0.15) is 0 Å². The van der Waals surface area contributed by atoms with Crippen LogP contribution in [0.25, 0.3) is 0 Å². The molecule has 0 rings (SSSR count). The van der Waals surface area contributed by atoms with Crippen LogP contribution in [0.15, 0.2) is 0 Å². The Morgan fingerprint density at radius 3 is 1.14 bits per heavy atom. The molecule has 0 aliphatic rings. The Kier molecular flexibility index (Phi) is 7.16. The van der Waals surface area contributed by atoms with E-state index in [4.69, 9.17) is 0 Å². The molecule has 4 heteroatoms. The summed E-state index contributed by atoms with van der Waals surface area (Å²) in [4.78, 5) is 0. The molecule has 14 heavy (non-hydrogen) atoms. The normalized spacial score (nSPS) is 13.8. The summed E-state index contributed by atoms with van der Waals surface area (Å²) in [6.07, 6.45) is 0. The Hall–Kier alpha value is 1.65. The third kappa shape index (κ3) is 3.32. The molecule has 0 fully saturated rings. The van der Waals surface area contributed by atoms with Gasteiger partial charge in [0.25, 0.3) is 0 Å². The van der Waals surface area contributed by atoms with Gasteiger partial charge in [-0.25, -0.2) is 0 Å². The molecule has 0 aliphatic heterocycles. The van der Waals surface area contributed by atoms with E-state index in [1.165, 1.54) is 0 Å². The van der Waals surface area contributed by atoms with Crippen LogP contribution in [-0.4, -0.2) is 46.6 Å². The maximum atomic E-state index is 2.73. The van der Waals surface area contributed by atoms with Crippen molar-refractivity contribution in [2.45, 2.75) is 65.0 Å². The second kappa shape index (κ2) is 6.40. The van der Waals surface area contributed by atoms with Crippen LogP contribution >= 0.6 is 0 Å². The monoisotopic (exact) mass is 254 g/mol. The van der Waals surface area contributed by atoms with Crippen molar-refractivity contribution in [3.05, 3.63) is 0 Å². The average Bonchev–Trinajstić information content (AvgIpc) is 2.25. The van der Waals surface area contributed by atoms with E-state index in [0.717, 1.165) is 0 Å². The van der Waals surface area contributed by atoms with E-state index in [2.05, 4.69) is 40.8 Å². The van der Waals surface area contributed by atoms with Crippen molar-refractivity contribution < 1.29 is 0 Å². The van der Waals surface area contributed by atoms with Crippen LogP contribution in [0.2, 0.25) is 37.3 Å². The summed E-state index contributed by atoms with van der Waals surface area (Å²) in [6.45, 7) is 15.4. The molecule has 0 unspecified atom stereocenters. The first kappa shape index (κ1) is 15.7. The Labute approximate surface area is 111 Å². The van der Waals surface area contributed by atoms with Gasteiger partial charge in [-0.05, 0) is 0 Å². The maximum absolute atomic E-state index is 2.73. The Morgan fingerprint density at radius 2 is 1.00 bits per heavy atom. The molecule has 0 aromatic carbocycles. The van der Waals surface area contributed by atoms with Crippen LogP contribution in [0.4, 0.5) is 0 Å². The summed E-state index contributed by atoms with van der Waals surface area (Å²) in [5.74, 6) is 0. The Balaban J connectivity index is 4.80. The van der Waals surface area contributed by atoms with Gasteiger partial charge in [-0.15, -0.1) is 0 Å². The zero-order valence-electron chi connectivity index (χ0n) is 11.4. The minimum atomic E-state index is -0.716. The average molecular weight is 255 g/mol. The third-order valence-corrected chi connectivity index (χ3v) is 71.0. The molecule has 80 valence electrons. The van der Waals surface area contributed by atoms with E-state index >= 15 is 0 Å². The zero-order chi connectivity index (χ0) is 11.4. The predicted molar refractivity (Wildman–Crippen MR) is 78.1 cm³/mol. The predicted octanol–water partition coefficient (Wildman–Crippen LogP) is 3.27. The van der Waals surface area contributed by atoms with Crippen LogP contribution in [0.1, 0.15) is 27.7 Å². The topological polar surface area (TPSA) is 0 Å². The molecule has 0 bridgehead atoms. The van der Waals surface area contributed by atoms with Crippen LogP contribution in [0.5, 0.6) is 0 Å². The first-order valence-corrected chi connectivity index (χ1v) is 20.5. The summed E-state index contributed by atoms with van der Waals surface area (Å²) in [6, 6.07) is 6.30. The van der Waals surface area contributed by atoms with Crippen LogP contribution in [-0.2, 0) is 0 Å². The van der Waals surface area contributed by atoms with E-state index in [1.54, 1.807) is 51.2 Å². The van der Waals surface area contributed by atoms with Gasteiger partial charge in [0.1, 0.15) is 0 Å². The fourth-order valence-electron chi connectivity index (χ4n) is 2.57. The minimum absolute atomic E-state index is 0.245. The molecule has 0 amide bonds. The molecule has 0 aliphatic carbocycles. The quantitative estimate of drug-likeness (QED) is 0.638. The van der Waals surface area contributed by atoms with Gasteiger partial charge in [0.2, 0.25) is 0 Å². The van der Waals surface area contributed by atoms with Crippen molar-refractivity contribution in [1.29, 1.82) is 0 Å². The number of hydrogen-bond donors (Lipinski definition) is 0. The number of hydrogen-bond acceptors (Lipinski definition) is 0. The summed E-state index contributed by atoms with van der Waals surface area (Å²) in [5, 5.41) is 0. The second-order valence-corrected chi connectivity index (χ2v) is 42.0. The Morgan fingerprint density at radius 1 is 0.786 bits per heavy atom. The Bertz CT molecular complexity index is 147. The van der Waals surface area contributed by atoms with E-state index in [-0.39, 0.29) is 4.39 Å².